The van der Waals surface area contributed by atoms with Crippen LogP contribution < -0.4 is 10.6 Å². The largest absolute Gasteiger partial charge is 0.481 e. The Hall–Kier alpha value is -1.63. The fraction of sp³-hybridized carbons (Fsp3) is 0.700. The lowest BCUT2D eigenvalue weighted by Gasteiger charge is -2.20. The van der Waals surface area contributed by atoms with Gasteiger partial charge in [-0.15, -0.1) is 0 Å². The van der Waals surface area contributed by atoms with E-state index in [2.05, 4.69) is 10.6 Å². The minimum absolute atomic E-state index is 0.0339. The normalized spacial score (nSPS) is 12.2. The van der Waals surface area contributed by atoms with Gasteiger partial charge in [-0.25, -0.2) is 0 Å². The maximum atomic E-state index is 11.6. The van der Waals surface area contributed by atoms with Gasteiger partial charge in [0, 0.05) is 6.54 Å². The first kappa shape index (κ1) is 15.4. The molecule has 0 saturated heterocycles. The maximum absolute atomic E-state index is 11.6. The first-order chi connectivity index (χ1) is 7.84. The zero-order valence-electron chi connectivity index (χ0n) is 9.90. The molecular weight excluding hydrogens is 228 g/mol. The van der Waals surface area contributed by atoms with Gasteiger partial charge in [0.15, 0.2) is 0 Å². The van der Waals surface area contributed by atoms with Crippen molar-refractivity contribution in [2.75, 3.05) is 13.1 Å². The summed E-state index contributed by atoms with van der Waals surface area (Å²) in [5, 5.41) is 22.0. The number of carbonyl (C=O) groups is 3. The fourth-order valence-electron chi connectivity index (χ4n) is 1.23. The summed E-state index contributed by atoms with van der Waals surface area (Å²) in [6.45, 7) is 3.27. The Morgan fingerprint density at radius 2 is 1.71 bits per heavy atom. The molecule has 0 bridgehead atoms. The van der Waals surface area contributed by atoms with Crippen LogP contribution in [0.1, 0.15) is 20.3 Å². The summed E-state index contributed by atoms with van der Waals surface area (Å²) in [5.41, 5.74) is 0. The quantitative estimate of drug-likeness (QED) is 0.449. The molecule has 0 rings (SSSR count). The zero-order valence-corrected chi connectivity index (χ0v) is 9.90. The number of carbonyl (C=O) groups excluding carboxylic acids is 1. The minimum atomic E-state index is -1.05. The third kappa shape index (κ3) is 7.29. The van der Waals surface area contributed by atoms with Crippen LogP contribution in [0, 0.1) is 5.92 Å². The van der Waals surface area contributed by atoms with Crippen molar-refractivity contribution in [2.24, 2.45) is 5.92 Å². The van der Waals surface area contributed by atoms with Gasteiger partial charge in [-0.2, -0.15) is 0 Å². The van der Waals surface area contributed by atoms with E-state index >= 15 is 0 Å². The van der Waals surface area contributed by atoms with Crippen molar-refractivity contribution in [2.45, 2.75) is 26.3 Å². The molecule has 7 heteroatoms. The SMILES string of the molecule is CC(C)[C@H](NCC(=O)O)C(=O)NCCC(=O)O. The number of carboxylic acids is 2. The van der Waals surface area contributed by atoms with Gasteiger partial charge >= 0.3 is 11.9 Å². The third-order valence-electron chi connectivity index (χ3n) is 2.06. The van der Waals surface area contributed by atoms with Crippen LogP contribution in [0.2, 0.25) is 0 Å². The van der Waals surface area contributed by atoms with E-state index in [1.54, 1.807) is 13.8 Å². The van der Waals surface area contributed by atoms with Gasteiger partial charge in [-0.3, -0.25) is 19.7 Å². The molecule has 0 aliphatic carbocycles. The number of aliphatic carboxylic acids is 2. The number of rotatable bonds is 8. The zero-order chi connectivity index (χ0) is 13.4. The summed E-state index contributed by atoms with van der Waals surface area (Å²) < 4.78 is 0. The molecule has 0 unspecified atom stereocenters. The Labute approximate surface area is 99.2 Å². The van der Waals surface area contributed by atoms with Gasteiger partial charge in [0.2, 0.25) is 5.91 Å². The van der Waals surface area contributed by atoms with Crippen LogP contribution in [0.5, 0.6) is 0 Å². The Balaban J connectivity index is 4.15. The molecule has 0 aliphatic rings. The van der Waals surface area contributed by atoms with Gasteiger partial charge < -0.3 is 15.5 Å². The second-order valence-electron chi connectivity index (χ2n) is 3.93. The molecule has 0 aromatic heterocycles. The highest BCUT2D eigenvalue weighted by Gasteiger charge is 2.22. The molecule has 4 N–H and O–H groups in total. The summed E-state index contributed by atoms with van der Waals surface area (Å²) in [7, 11) is 0. The molecule has 1 atom stereocenters. The van der Waals surface area contributed by atoms with Crippen molar-refractivity contribution in [3.63, 3.8) is 0 Å². The van der Waals surface area contributed by atoms with E-state index < -0.39 is 18.0 Å². The molecular formula is C10H18N2O5. The number of hydrogen-bond donors (Lipinski definition) is 4. The van der Waals surface area contributed by atoms with Gasteiger partial charge in [0.05, 0.1) is 19.0 Å². The molecule has 0 aromatic carbocycles. The predicted octanol–water partition coefficient (Wildman–Crippen LogP) is -0.724. The lowest BCUT2D eigenvalue weighted by Crippen LogP contribution is -2.49. The van der Waals surface area contributed by atoms with Crippen molar-refractivity contribution in [3.8, 4) is 0 Å². The molecule has 0 spiro atoms. The van der Waals surface area contributed by atoms with E-state index in [1.165, 1.54) is 0 Å². The second-order valence-corrected chi connectivity index (χ2v) is 3.93. The number of carboxylic acid groups (broad SMARTS) is 2. The molecule has 0 radical (unpaired) electrons. The standard InChI is InChI=1S/C10H18N2O5/c1-6(2)9(12-5-8(15)16)10(17)11-4-3-7(13)14/h6,9,12H,3-5H2,1-2H3,(H,11,17)(H,13,14)(H,15,16)/t9-/m0/s1. The first-order valence-corrected chi connectivity index (χ1v) is 5.29. The topological polar surface area (TPSA) is 116 Å². The van der Waals surface area contributed by atoms with E-state index in [0.29, 0.717) is 0 Å². The van der Waals surface area contributed by atoms with Crippen LogP contribution in [-0.2, 0) is 14.4 Å². The molecule has 0 saturated carbocycles. The molecule has 0 fully saturated rings. The van der Waals surface area contributed by atoms with Gasteiger partial charge in [0.25, 0.3) is 0 Å². The second kappa shape index (κ2) is 7.61. The van der Waals surface area contributed by atoms with Gasteiger partial charge in [-0.1, -0.05) is 13.8 Å². The van der Waals surface area contributed by atoms with E-state index in [-0.39, 0.29) is 31.3 Å². The van der Waals surface area contributed by atoms with E-state index in [1.807, 2.05) is 0 Å². The number of hydrogen-bond acceptors (Lipinski definition) is 4. The molecule has 1 amide bonds. The highest BCUT2D eigenvalue weighted by molar-refractivity contribution is 5.83. The van der Waals surface area contributed by atoms with Crippen molar-refractivity contribution >= 4 is 17.8 Å². The average molecular weight is 246 g/mol. The molecule has 17 heavy (non-hydrogen) atoms. The lowest BCUT2D eigenvalue weighted by molar-refractivity contribution is -0.137. The van der Waals surface area contributed by atoms with E-state index in [9.17, 15) is 14.4 Å². The molecule has 98 valence electrons. The van der Waals surface area contributed by atoms with Crippen LogP contribution in [0.3, 0.4) is 0 Å². The predicted molar refractivity (Wildman–Crippen MR) is 59.5 cm³/mol. The van der Waals surface area contributed by atoms with Crippen LogP contribution in [0.4, 0.5) is 0 Å². The lowest BCUT2D eigenvalue weighted by atomic mass is 10.0. The summed E-state index contributed by atoms with van der Waals surface area (Å²) in [6.07, 6.45) is -0.157. The summed E-state index contributed by atoms with van der Waals surface area (Å²) in [4.78, 5) is 32.3. The monoisotopic (exact) mass is 246 g/mol. The molecule has 0 heterocycles. The smallest absolute Gasteiger partial charge is 0.317 e. The first-order valence-electron chi connectivity index (χ1n) is 5.29. The Morgan fingerprint density at radius 1 is 1.12 bits per heavy atom. The van der Waals surface area contributed by atoms with Crippen molar-refractivity contribution in [3.05, 3.63) is 0 Å². The number of nitrogens with one attached hydrogen (secondary N) is 2. The number of amides is 1. The highest BCUT2D eigenvalue weighted by Crippen LogP contribution is 2.01. The highest BCUT2D eigenvalue weighted by atomic mass is 16.4. The Kier molecular flexibility index (Phi) is 6.88. The summed E-state index contributed by atoms with van der Waals surface area (Å²) in [6, 6.07) is -0.639. The van der Waals surface area contributed by atoms with Crippen molar-refractivity contribution < 1.29 is 24.6 Å². The van der Waals surface area contributed by atoms with E-state index in [0.717, 1.165) is 0 Å². The minimum Gasteiger partial charge on any atom is -0.481 e. The Bertz CT molecular complexity index is 290. The van der Waals surface area contributed by atoms with Gasteiger partial charge in [-0.05, 0) is 5.92 Å². The molecule has 0 aliphatic heterocycles. The van der Waals surface area contributed by atoms with Crippen LogP contribution >= 0.6 is 0 Å². The summed E-state index contributed by atoms with van der Waals surface area (Å²) >= 11 is 0. The third-order valence-corrected chi connectivity index (χ3v) is 2.06. The molecule has 7 nitrogen and oxygen atoms in total. The van der Waals surface area contributed by atoms with Crippen molar-refractivity contribution in [1.29, 1.82) is 0 Å². The molecule has 0 aromatic rings. The van der Waals surface area contributed by atoms with E-state index in [4.69, 9.17) is 10.2 Å². The van der Waals surface area contributed by atoms with Gasteiger partial charge in [0.1, 0.15) is 0 Å². The average Bonchev–Trinajstić information content (AvgIpc) is 2.16. The fourth-order valence-corrected chi connectivity index (χ4v) is 1.23. The van der Waals surface area contributed by atoms with Crippen LogP contribution in [-0.4, -0.2) is 47.2 Å². The van der Waals surface area contributed by atoms with Crippen molar-refractivity contribution in [1.82, 2.24) is 10.6 Å². The maximum Gasteiger partial charge on any atom is 0.317 e. The van der Waals surface area contributed by atoms with Crippen LogP contribution in [0.15, 0.2) is 0 Å². The van der Waals surface area contributed by atoms with Crippen LogP contribution in [0.25, 0.3) is 0 Å². The summed E-state index contributed by atoms with van der Waals surface area (Å²) in [5.74, 6) is -2.51. The Morgan fingerprint density at radius 3 is 2.12 bits per heavy atom.